The van der Waals surface area contributed by atoms with Crippen LogP contribution in [0.1, 0.15) is 10.4 Å². The van der Waals surface area contributed by atoms with E-state index in [0.717, 1.165) is 16.0 Å². The van der Waals surface area contributed by atoms with Crippen molar-refractivity contribution in [3.05, 3.63) is 30.0 Å². The van der Waals surface area contributed by atoms with E-state index in [1.165, 1.54) is 29.3 Å². The molecular weight excluding hydrogens is 292 g/mol. The predicted octanol–water partition coefficient (Wildman–Crippen LogP) is 1.86. The number of ether oxygens (including phenoxy) is 2. The predicted molar refractivity (Wildman–Crippen MR) is 79.0 cm³/mol. The Kier molecular flexibility index (Phi) is 3.22. The number of hydrogen-bond acceptors (Lipinski definition) is 7. The molecule has 0 radical (unpaired) electrons. The molecule has 0 saturated heterocycles. The molecule has 3 rings (SSSR count). The first kappa shape index (κ1) is 13.4. The Morgan fingerprint density at radius 3 is 2.90 bits per heavy atom. The number of hydrogen-bond donors (Lipinski definition) is 1. The molecule has 7 nitrogen and oxygen atoms in total. The summed E-state index contributed by atoms with van der Waals surface area (Å²) in [7, 11) is 2.90. The van der Waals surface area contributed by atoms with Crippen molar-refractivity contribution in [2.24, 2.45) is 0 Å². The zero-order valence-corrected chi connectivity index (χ0v) is 12.2. The molecule has 0 amide bonds. The number of esters is 1. The van der Waals surface area contributed by atoms with Crippen molar-refractivity contribution in [1.29, 1.82) is 0 Å². The van der Waals surface area contributed by atoms with Gasteiger partial charge in [-0.25, -0.2) is 9.78 Å². The lowest BCUT2D eigenvalue weighted by atomic mass is 10.3. The average molecular weight is 304 g/mol. The maximum atomic E-state index is 11.5. The van der Waals surface area contributed by atoms with Gasteiger partial charge in [-0.05, 0) is 18.2 Å². The van der Waals surface area contributed by atoms with Crippen LogP contribution in [0.15, 0.2) is 24.4 Å². The van der Waals surface area contributed by atoms with E-state index in [4.69, 9.17) is 10.5 Å². The third kappa shape index (κ3) is 2.19. The number of aromatic nitrogens is 3. The monoisotopic (exact) mass is 304 g/mol. The van der Waals surface area contributed by atoms with Crippen LogP contribution in [0, 0.1) is 0 Å². The van der Waals surface area contributed by atoms with Crippen LogP contribution < -0.4 is 10.5 Å². The molecule has 0 spiro atoms. The fraction of sp³-hybridized carbons (Fsp3) is 0.154. The number of methoxy groups -OCH3 is 2. The standard InChI is InChI=1S/C13H12N4O3S/c1-19-7-3-4-9-10(5-7)21-13(16-9)17-11(14)8(6-15-17)12(18)20-2/h3-6H,14H2,1-2H3. The number of carbonyl (C=O) groups is 1. The van der Waals surface area contributed by atoms with Crippen LogP contribution in [-0.4, -0.2) is 35.0 Å². The van der Waals surface area contributed by atoms with E-state index in [0.29, 0.717) is 5.13 Å². The van der Waals surface area contributed by atoms with E-state index in [9.17, 15) is 4.79 Å². The van der Waals surface area contributed by atoms with Crippen LogP contribution in [0.4, 0.5) is 5.82 Å². The van der Waals surface area contributed by atoms with Gasteiger partial charge < -0.3 is 15.2 Å². The highest BCUT2D eigenvalue weighted by molar-refractivity contribution is 7.20. The smallest absolute Gasteiger partial charge is 0.343 e. The Morgan fingerprint density at radius 2 is 2.19 bits per heavy atom. The molecule has 0 saturated carbocycles. The molecule has 0 fully saturated rings. The van der Waals surface area contributed by atoms with Crippen LogP contribution in [-0.2, 0) is 4.74 Å². The molecule has 0 unspecified atom stereocenters. The van der Waals surface area contributed by atoms with Gasteiger partial charge in [-0.1, -0.05) is 11.3 Å². The van der Waals surface area contributed by atoms with Crippen molar-refractivity contribution in [2.75, 3.05) is 20.0 Å². The molecule has 2 N–H and O–H groups in total. The van der Waals surface area contributed by atoms with Crippen LogP contribution in [0.3, 0.4) is 0 Å². The summed E-state index contributed by atoms with van der Waals surface area (Å²) >= 11 is 1.40. The number of nitrogen functional groups attached to an aromatic ring is 1. The first-order chi connectivity index (χ1) is 10.1. The second-order valence-electron chi connectivity index (χ2n) is 4.18. The van der Waals surface area contributed by atoms with E-state index in [2.05, 4.69) is 14.8 Å². The first-order valence-electron chi connectivity index (χ1n) is 6.01. The van der Waals surface area contributed by atoms with Gasteiger partial charge in [0.2, 0.25) is 5.13 Å². The summed E-state index contributed by atoms with van der Waals surface area (Å²) in [6.07, 6.45) is 1.37. The highest BCUT2D eigenvalue weighted by Crippen LogP contribution is 2.29. The zero-order valence-electron chi connectivity index (χ0n) is 11.4. The molecule has 8 heteroatoms. The van der Waals surface area contributed by atoms with Gasteiger partial charge in [0.1, 0.15) is 17.1 Å². The Bertz CT molecular complexity index is 824. The normalized spacial score (nSPS) is 10.8. The number of benzene rings is 1. The minimum Gasteiger partial charge on any atom is -0.497 e. The van der Waals surface area contributed by atoms with Crippen molar-refractivity contribution in [1.82, 2.24) is 14.8 Å². The molecule has 0 aliphatic heterocycles. The third-order valence-corrected chi connectivity index (χ3v) is 3.97. The molecule has 2 aromatic heterocycles. The summed E-state index contributed by atoms with van der Waals surface area (Å²) in [5, 5.41) is 4.68. The van der Waals surface area contributed by atoms with Crippen LogP contribution in [0.25, 0.3) is 15.3 Å². The lowest BCUT2D eigenvalue weighted by Gasteiger charge is -1.99. The Hall–Kier alpha value is -2.61. The number of anilines is 1. The highest BCUT2D eigenvalue weighted by atomic mass is 32.1. The van der Waals surface area contributed by atoms with Gasteiger partial charge in [0.25, 0.3) is 0 Å². The summed E-state index contributed by atoms with van der Waals surface area (Å²) in [5.41, 5.74) is 6.96. The summed E-state index contributed by atoms with van der Waals surface area (Å²) in [6.45, 7) is 0. The minimum absolute atomic E-state index is 0.202. The molecule has 0 aliphatic carbocycles. The SMILES string of the molecule is COC(=O)c1cnn(-c2nc3ccc(OC)cc3s2)c1N. The Labute approximate surface area is 123 Å². The molecule has 1 aromatic carbocycles. The molecule has 2 heterocycles. The van der Waals surface area contributed by atoms with Crippen molar-refractivity contribution in [3.8, 4) is 10.9 Å². The average Bonchev–Trinajstić information content (AvgIpc) is 3.08. The quantitative estimate of drug-likeness (QED) is 0.742. The summed E-state index contributed by atoms with van der Waals surface area (Å²) < 4.78 is 12.2. The summed E-state index contributed by atoms with van der Waals surface area (Å²) in [4.78, 5) is 16.0. The second kappa shape index (κ2) is 5.06. The Balaban J connectivity index is 2.08. The lowest BCUT2D eigenvalue weighted by molar-refractivity contribution is 0.0602. The van der Waals surface area contributed by atoms with Gasteiger partial charge in [-0.15, -0.1) is 0 Å². The number of nitrogens with two attached hydrogens (primary N) is 1. The van der Waals surface area contributed by atoms with Crippen molar-refractivity contribution < 1.29 is 14.3 Å². The van der Waals surface area contributed by atoms with E-state index in [-0.39, 0.29) is 11.4 Å². The number of thiazole rings is 1. The molecule has 0 bridgehead atoms. The highest BCUT2D eigenvalue weighted by Gasteiger charge is 2.18. The van der Waals surface area contributed by atoms with E-state index >= 15 is 0 Å². The van der Waals surface area contributed by atoms with Crippen molar-refractivity contribution in [3.63, 3.8) is 0 Å². The summed E-state index contributed by atoms with van der Waals surface area (Å²) in [5.74, 6) is 0.427. The van der Waals surface area contributed by atoms with E-state index < -0.39 is 5.97 Å². The number of nitrogens with zero attached hydrogens (tertiary/aromatic N) is 3. The van der Waals surface area contributed by atoms with Gasteiger partial charge in [-0.3, -0.25) is 0 Å². The zero-order chi connectivity index (χ0) is 15.0. The van der Waals surface area contributed by atoms with Crippen LogP contribution in [0.5, 0.6) is 5.75 Å². The molecule has 3 aromatic rings. The van der Waals surface area contributed by atoms with E-state index in [1.807, 2.05) is 18.2 Å². The Morgan fingerprint density at radius 1 is 1.38 bits per heavy atom. The lowest BCUT2D eigenvalue weighted by Crippen LogP contribution is -2.07. The second-order valence-corrected chi connectivity index (χ2v) is 5.19. The maximum absolute atomic E-state index is 11.5. The van der Waals surface area contributed by atoms with Gasteiger partial charge >= 0.3 is 5.97 Å². The summed E-state index contributed by atoms with van der Waals surface area (Å²) in [6, 6.07) is 5.57. The molecule has 0 atom stereocenters. The molecular formula is C13H12N4O3S. The van der Waals surface area contributed by atoms with Gasteiger partial charge in [0, 0.05) is 0 Å². The largest absolute Gasteiger partial charge is 0.497 e. The van der Waals surface area contributed by atoms with Crippen molar-refractivity contribution >= 4 is 33.3 Å². The van der Waals surface area contributed by atoms with E-state index in [1.54, 1.807) is 7.11 Å². The number of rotatable bonds is 3. The minimum atomic E-state index is -0.526. The van der Waals surface area contributed by atoms with Crippen molar-refractivity contribution in [2.45, 2.75) is 0 Å². The van der Waals surface area contributed by atoms with Crippen LogP contribution in [0.2, 0.25) is 0 Å². The first-order valence-corrected chi connectivity index (χ1v) is 6.82. The van der Waals surface area contributed by atoms with Gasteiger partial charge in [0.15, 0.2) is 0 Å². The molecule has 21 heavy (non-hydrogen) atoms. The third-order valence-electron chi connectivity index (χ3n) is 2.98. The fourth-order valence-corrected chi connectivity index (χ4v) is 2.85. The maximum Gasteiger partial charge on any atom is 0.343 e. The topological polar surface area (TPSA) is 92.3 Å². The van der Waals surface area contributed by atoms with Gasteiger partial charge in [0.05, 0.1) is 30.6 Å². The van der Waals surface area contributed by atoms with Crippen LogP contribution >= 0.6 is 11.3 Å². The number of carbonyl (C=O) groups excluding carboxylic acids is 1. The van der Waals surface area contributed by atoms with Gasteiger partial charge in [-0.2, -0.15) is 9.78 Å². The molecule has 0 aliphatic rings. The molecule has 108 valence electrons. The number of fused-ring (bicyclic) bond motifs is 1. The fourth-order valence-electron chi connectivity index (χ4n) is 1.89.